The molecule has 41 heavy (non-hydrogen) atoms. The zero-order valence-electron chi connectivity index (χ0n) is 23.2. The monoisotopic (exact) mass is 615 g/mol. The fourth-order valence-corrected chi connectivity index (χ4v) is 6.37. The van der Waals surface area contributed by atoms with E-state index >= 15 is 0 Å². The molecule has 1 fully saturated rings. The van der Waals surface area contributed by atoms with Crippen LogP contribution in [0, 0.1) is 6.92 Å². The Kier molecular flexibility index (Phi) is 10.3. The lowest BCUT2D eigenvalue weighted by molar-refractivity contribution is -0.140. The molecule has 2 amide bonds. The predicted octanol–water partition coefficient (Wildman–Crippen LogP) is 5.77. The summed E-state index contributed by atoms with van der Waals surface area (Å²) in [6.45, 7) is 1.54. The van der Waals surface area contributed by atoms with Crippen LogP contribution in [-0.4, -0.2) is 50.0 Å². The van der Waals surface area contributed by atoms with Gasteiger partial charge in [-0.15, -0.1) is 0 Å². The Bertz CT molecular complexity index is 1460. The van der Waals surface area contributed by atoms with E-state index in [4.69, 9.17) is 23.2 Å². The van der Waals surface area contributed by atoms with E-state index in [0.29, 0.717) is 0 Å². The molecule has 1 N–H and O–H groups in total. The number of nitrogens with zero attached hydrogens (tertiary/aromatic N) is 2. The van der Waals surface area contributed by atoms with Crippen molar-refractivity contribution >= 4 is 50.7 Å². The Morgan fingerprint density at radius 3 is 2.24 bits per heavy atom. The Morgan fingerprint density at radius 1 is 0.951 bits per heavy atom. The van der Waals surface area contributed by atoms with Crippen LogP contribution < -0.4 is 9.62 Å². The molecule has 1 aliphatic carbocycles. The SMILES string of the molecule is Cc1ccc(CN(C(=O)CN(c2cc(Cl)ccc2Cl)S(C)(=O)=O)[C@H](Cc2ccccc2)C(=O)NC2CCCC2)cc1. The van der Waals surface area contributed by atoms with Crippen LogP contribution in [0.1, 0.15) is 42.4 Å². The number of halogens is 2. The second-order valence-corrected chi connectivity index (χ2v) is 13.3. The lowest BCUT2D eigenvalue weighted by atomic mass is 10.0. The van der Waals surface area contributed by atoms with Gasteiger partial charge in [0.15, 0.2) is 0 Å². The lowest BCUT2D eigenvalue weighted by Gasteiger charge is -2.34. The average Bonchev–Trinajstić information content (AvgIpc) is 3.44. The third kappa shape index (κ3) is 8.47. The van der Waals surface area contributed by atoms with Crippen molar-refractivity contribution in [2.75, 3.05) is 17.1 Å². The first kappa shape index (κ1) is 30.9. The first-order valence-electron chi connectivity index (χ1n) is 13.6. The molecule has 0 aromatic heterocycles. The largest absolute Gasteiger partial charge is 0.352 e. The minimum absolute atomic E-state index is 0.0508. The number of benzene rings is 3. The molecule has 1 saturated carbocycles. The van der Waals surface area contributed by atoms with Crippen LogP contribution in [0.2, 0.25) is 10.0 Å². The number of amides is 2. The van der Waals surface area contributed by atoms with Gasteiger partial charge in [0, 0.05) is 24.0 Å². The number of aryl methyl sites for hydroxylation is 1. The van der Waals surface area contributed by atoms with Crippen molar-refractivity contribution in [1.29, 1.82) is 0 Å². The molecule has 0 aliphatic heterocycles. The molecule has 0 unspecified atom stereocenters. The molecule has 3 aromatic rings. The molecule has 1 atom stereocenters. The van der Waals surface area contributed by atoms with Crippen LogP contribution in [0.4, 0.5) is 5.69 Å². The Morgan fingerprint density at radius 2 is 1.61 bits per heavy atom. The topological polar surface area (TPSA) is 86.8 Å². The highest BCUT2D eigenvalue weighted by Gasteiger charge is 2.34. The summed E-state index contributed by atoms with van der Waals surface area (Å²) in [6, 6.07) is 20.8. The van der Waals surface area contributed by atoms with Crippen LogP contribution in [-0.2, 0) is 32.6 Å². The smallest absolute Gasteiger partial charge is 0.244 e. The average molecular weight is 617 g/mol. The van der Waals surface area contributed by atoms with Gasteiger partial charge in [-0.1, -0.05) is 96.2 Å². The van der Waals surface area contributed by atoms with Gasteiger partial charge in [0.2, 0.25) is 21.8 Å². The fourth-order valence-electron chi connectivity index (χ4n) is 5.08. The molecule has 3 aromatic carbocycles. The van der Waals surface area contributed by atoms with E-state index < -0.39 is 28.5 Å². The molecule has 0 heterocycles. The molecule has 1 aliphatic rings. The van der Waals surface area contributed by atoms with Crippen LogP contribution in [0.25, 0.3) is 0 Å². The number of sulfonamides is 1. The van der Waals surface area contributed by atoms with Gasteiger partial charge < -0.3 is 10.2 Å². The maximum Gasteiger partial charge on any atom is 0.244 e. The second-order valence-electron chi connectivity index (χ2n) is 10.6. The summed E-state index contributed by atoms with van der Waals surface area (Å²) in [5.41, 5.74) is 2.87. The molecular weight excluding hydrogens is 581 g/mol. The van der Waals surface area contributed by atoms with Gasteiger partial charge in [0.05, 0.1) is 17.0 Å². The summed E-state index contributed by atoms with van der Waals surface area (Å²) in [5.74, 6) is -0.789. The summed E-state index contributed by atoms with van der Waals surface area (Å²) in [4.78, 5) is 29.5. The molecule has 0 saturated heterocycles. The molecule has 7 nitrogen and oxygen atoms in total. The van der Waals surface area contributed by atoms with E-state index in [1.165, 1.54) is 17.0 Å². The van der Waals surface area contributed by atoms with Crippen molar-refractivity contribution in [3.05, 3.63) is 99.5 Å². The van der Waals surface area contributed by atoms with E-state index in [1.807, 2.05) is 61.5 Å². The molecule has 0 spiro atoms. The highest BCUT2D eigenvalue weighted by Crippen LogP contribution is 2.31. The Balaban J connectivity index is 1.74. The van der Waals surface area contributed by atoms with E-state index in [9.17, 15) is 18.0 Å². The molecular formula is C31H35Cl2N3O4S. The number of anilines is 1. The molecule has 0 radical (unpaired) electrons. The van der Waals surface area contributed by atoms with E-state index in [2.05, 4.69) is 5.32 Å². The number of hydrogen-bond donors (Lipinski definition) is 1. The normalized spacial score (nSPS) is 14.4. The van der Waals surface area contributed by atoms with Gasteiger partial charge in [-0.3, -0.25) is 13.9 Å². The maximum atomic E-state index is 14.2. The molecule has 4 rings (SSSR count). The van der Waals surface area contributed by atoms with Crippen molar-refractivity contribution in [1.82, 2.24) is 10.2 Å². The second kappa shape index (κ2) is 13.7. The van der Waals surface area contributed by atoms with E-state index in [0.717, 1.165) is 52.9 Å². The summed E-state index contributed by atoms with van der Waals surface area (Å²) in [5, 5.41) is 3.57. The van der Waals surface area contributed by atoms with Gasteiger partial charge in [0.25, 0.3) is 0 Å². The fraction of sp³-hybridized carbons (Fsp3) is 0.355. The number of carbonyl (C=O) groups excluding carboxylic acids is 2. The summed E-state index contributed by atoms with van der Waals surface area (Å²) in [7, 11) is -3.95. The van der Waals surface area contributed by atoms with Crippen LogP contribution >= 0.6 is 23.2 Å². The minimum atomic E-state index is -3.95. The van der Waals surface area contributed by atoms with Gasteiger partial charge in [-0.2, -0.15) is 0 Å². The zero-order valence-corrected chi connectivity index (χ0v) is 25.6. The van der Waals surface area contributed by atoms with Crippen LogP contribution in [0.5, 0.6) is 0 Å². The number of nitrogens with one attached hydrogen (secondary N) is 1. The third-order valence-corrected chi connectivity index (χ3v) is 8.98. The van der Waals surface area contributed by atoms with Crippen molar-refractivity contribution < 1.29 is 18.0 Å². The van der Waals surface area contributed by atoms with Crippen molar-refractivity contribution in [2.45, 2.75) is 57.7 Å². The predicted molar refractivity (Wildman–Crippen MR) is 165 cm³/mol. The van der Waals surface area contributed by atoms with E-state index in [1.54, 1.807) is 6.07 Å². The van der Waals surface area contributed by atoms with E-state index in [-0.39, 0.29) is 40.6 Å². The van der Waals surface area contributed by atoms with Crippen molar-refractivity contribution in [3.8, 4) is 0 Å². The number of hydrogen-bond acceptors (Lipinski definition) is 4. The summed E-state index contributed by atoms with van der Waals surface area (Å²) < 4.78 is 26.8. The van der Waals surface area contributed by atoms with Gasteiger partial charge in [-0.05, 0) is 49.1 Å². The highest BCUT2D eigenvalue weighted by molar-refractivity contribution is 7.92. The minimum Gasteiger partial charge on any atom is -0.352 e. The molecule has 218 valence electrons. The third-order valence-electron chi connectivity index (χ3n) is 7.30. The molecule has 0 bridgehead atoms. The van der Waals surface area contributed by atoms with Crippen molar-refractivity contribution in [3.63, 3.8) is 0 Å². The number of carbonyl (C=O) groups is 2. The van der Waals surface area contributed by atoms with Gasteiger partial charge in [0.1, 0.15) is 12.6 Å². The lowest BCUT2D eigenvalue weighted by Crippen LogP contribution is -2.54. The summed E-state index contributed by atoms with van der Waals surface area (Å²) in [6.07, 6.45) is 5.16. The highest BCUT2D eigenvalue weighted by atomic mass is 35.5. The first-order chi connectivity index (χ1) is 19.5. The Labute approximate surface area is 252 Å². The quantitative estimate of drug-likeness (QED) is 0.297. The van der Waals surface area contributed by atoms with Gasteiger partial charge in [-0.25, -0.2) is 8.42 Å². The zero-order chi connectivity index (χ0) is 29.6. The maximum absolute atomic E-state index is 14.2. The summed E-state index contributed by atoms with van der Waals surface area (Å²) >= 11 is 12.5. The first-order valence-corrected chi connectivity index (χ1v) is 16.2. The molecule has 10 heteroatoms. The number of rotatable bonds is 11. The van der Waals surface area contributed by atoms with Gasteiger partial charge >= 0.3 is 0 Å². The van der Waals surface area contributed by atoms with Crippen LogP contribution in [0.15, 0.2) is 72.8 Å². The standard InChI is InChI=1S/C31H35Cl2N3O4S/c1-22-12-14-24(15-13-22)20-35(30(37)21-36(41(2,39)40)28-19-25(32)16-17-27(28)33)29(18-23-8-4-3-5-9-23)31(38)34-26-10-6-7-11-26/h3-5,8-9,12-17,19,26,29H,6-7,10-11,18,20-21H2,1-2H3,(H,34,38)/t29-/m1/s1. The Hall–Kier alpha value is -3.07. The van der Waals surface area contributed by atoms with Crippen molar-refractivity contribution in [2.24, 2.45) is 0 Å². The van der Waals surface area contributed by atoms with Crippen LogP contribution in [0.3, 0.4) is 0 Å².